The van der Waals surface area contributed by atoms with Crippen molar-refractivity contribution in [3.05, 3.63) is 34.9 Å². The van der Waals surface area contributed by atoms with Crippen LogP contribution >= 0.6 is 11.6 Å². The summed E-state index contributed by atoms with van der Waals surface area (Å²) in [5.74, 6) is 1.79. The second-order valence-electron chi connectivity index (χ2n) is 5.65. The van der Waals surface area contributed by atoms with Gasteiger partial charge in [0.2, 0.25) is 11.7 Å². The Morgan fingerprint density at radius 1 is 1.30 bits per heavy atom. The molecule has 1 aromatic heterocycles. The first-order chi connectivity index (χ1) is 9.63. The van der Waals surface area contributed by atoms with E-state index >= 15 is 0 Å². The summed E-state index contributed by atoms with van der Waals surface area (Å²) in [6.07, 6.45) is 2.01. The lowest BCUT2D eigenvalue weighted by molar-refractivity contribution is 0.341. The first-order valence-electron chi connectivity index (χ1n) is 6.68. The Morgan fingerprint density at radius 2 is 2.15 bits per heavy atom. The van der Waals surface area contributed by atoms with Crippen molar-refractivity contribution >= 4 is 11.6 Å². The van der Waals surface area contributed by atoms with Gasteiger partial charge in [0, 0.05) is 17.0 Å². The summed E-state index contributed by atoms with van der Waals surface area (Å²) in [4.78, 5) is 4.35. The van der Waals surface area contributed by atoms with Gasteiger partial charge in [-0.25, -0.2) is 4.39 Å². The van der Waals surface area contributed by atoms with E-state index in [2.05, 4.69) is 10.1 Å². The van der Waals surface area contributed by atoms with Gasteiger partial charge in [-0.05, 0) is 42.9 Å². The zero-order chi connectivity index (χ0) is 13.9. The third kappa shape index (κ3) is 1.84. The lowest BCUT2D eigenvalue weighted by atomic mass is 10.0. The molecule has 6 heteroatoms. The van der Waals surface area contributed by atoms with Crippen molar-refractivity contribution in [2.75, 3.05) is 0 Å². The van der Waals surface area contributed by atoms with E-state index in [9.17, 15) is 4.39 Å². The first kappa shape index (κ1) is 12.3. The summed E-state index contributed by atoms with van der Waals surface area (Å²) in [5, 5.41) is 4.23. The minimum absolute atomic E-state index is 0.228. The van der Waals surface area contributed by atoms with Crippen LogP contribution in [0.1, 0.15) is 24.7 Å². The maximum Gasteiger partial charge on any atom is 0.230 e. The molecule has 0 aliphatic heterocycles. The quantitative estimate of drug-likeness (QED) is 0.924. The van der Waals surface area contributed by atoms with E-state index in [0.29, 0.717) is 28.3 Å². The fourth-order valence-corrected chi connectivity index (χ4v) is 3.44. The molecule has 4 atom stereocenters. The third-order valence-corrected chi connectivity index (χ3v) is 4.65. The molecule has 0 unspecified atom stereocenters. The molecule has 1 heterocycles. The van der Waals surface area contributed by atoms with Crippen LogP contribution in [0, 0.1) is 17.7 Å². The monoisotopic (exact) mass is 293 g/mol. The Bertz CT molecular complexity index is 674. The van der Waals surface area contributed by atoms with Gasteiger partial charge in [0.25, 0.3) is 0 Å². The molecule has 0 spiro atoms. The highest BCUT2D eigenvalue weighted by Crippen LogP contribution is 2.58. The standard InChI is InChI=1S/C14H13ClFN3O/c15-6-1-2-7(11(16)3-6)13-18-14(20-19-13)10-5-12(17)9-4-8(9)10/h1-3,8-10,12H,4-5,17H2/t8-,9+,10-,12+/m0/s1. The fraction of sp³-hybridized carbons (Fsp3) is 0.429. The maximum atomic E-state index is 13.8. The molecule has 2 aliphatic rings. The number of rotatable bonds is 2. The number of aromatic nitrogens is 2. The van der Waals surface area contributed by atoms with Crippen molar-refractivity contribution in [3.8, 4) is 11.4 Å². The van der Waals surface area contributed by atoms with Gasteiger partial charge < -0.3 is 10.3 Å². The van der Waals surface area contributed by atoms with Crippen LogP contribution in [0.3, 0.4) is 0 Å². The average Bonchev–Trinajstić information content (AvgIpc) is 2.93. The van der Waals surface area contributed by atoms with Crippen LogP contribution in [-0.2, 0) is 0 Å². The van der Waals surface area contributed by atoms with Crippen LogP contribution in [0.15, 0.2) is 22.7 Å². The molecule has 104 valence electrons. The van der Waals surface area contributed by atoms with Gasteiger partial charge >= 0.3 is 0 Å². The Labute approximate surface area is 120 Å². The SMILES string of the molecule is N[C@@H]1C[C@H](c2nc(-c3ccc(Cl)cc3F)no2)[C@H]2C[C@H]21. The molecule has 2 fully saturated rings. The molecule has 2 aliphatic carbocycles. The second kappa shape index (κ2) is 4.27. The second-order valence-corrected chi connectivity index (χ2v) is 6.09. The number of hydrogen-bond donors (Lipinski definition) is 1. The Balaban J connectivity index is 1.65. The summed E-state index contributed by atoms with van der Waals surface area (Å²) in [5.41, 5.74) is 6.35. The van der Waals surface area contributed by atoms with Crippen molar-refractivity contribution in [2.45, 2.75) is 24.8 Å². The van der Waals surface area contributed by atoms with Crippen molar-refractivity contribution in [2.24, 2.45) is 17.6 Å². The lowest BCUT2D eigenvalue weighted by Crippen LogP contribution is -2.19. The average molecular weight is 294 g/mol. The molecule has 0 amide bonds. The minimum atomic E-state index is -0.447. The van der Waals surface area contributed by atoms with Gasteiger partial charge in [-0.2, -0.15) is 4.98 Å². The van der Waals surface area contributed by atoms with Crippen LogP contribution < -0.4 is 5.73 Å². The van der Waals surface area contributed by atoms with Crippen LogP contribution in [0.4, 0.5) is 4.39 Å². The molecule has 0 bridgehead atoms. The zero-order valence-electron chi connectivity index (χ0n) is 10.6. The van der Waals surface area contributed by atoms with Gasteiger partial charge in [-0.15, -0.1) is 0 Å². The van der Waals surface area contributed by atoms with Crippen molar-refractivity contribution in [1.82, 2.24) is 10.1 Å². The summed E-state index contributed by atoms with van der Waals surface area (Å²) in [6.45, 7) is 0. The van der Waals surface area contributed by atoms with E-state index in [1.807, 2.05) is 0 Å². The lowest BCUT2D eigenvalue weighted by Gasteiger charge is -2.07. The molecule has 1 aromatic carbocycles. The molecule has 2 saturated carbocycles. The van der Waals surface area contributed by atoms with E-state index in [-0.39, 0.29) is 17.8 Å². The molecule has 4 rings (SSSR count). The molecular formula is C14H13ClFN3O. The normalized spacial score (nSPS) is 31.4. The highest BCUT2D eigenvalue weighted by molar-refractivity contribution is 6.30. The number of halogens is 2. The van der Waals surface area contributed by atoms with E-state index in [0.717, 1.165) is 12.8 Å². The summed E-state index contributed by atoms with van der Waals surface area (Å²) in [7, 11) is 0. The van der Waals surface area contributed by atoms with Crippen molar-refractivity contribution in [1.29, 1.82) is 0 Å². The van der Waals surface area contributed by atoms with Gasteiger partial charge in [0.15, 0.2) is 0 Å². The van der Waals surface area contributed by atoms with Crippen molar-refractivity contribution in [3.63, 3.8) is 0 Å². The topological polar surface area (TPSA) is 64.9 Å². The predicted octanol–water partition coefficient (Wildman–Crippen LogP) is 2.98. The highest BCUT2D eigenvalue weighted by Gasteiger charge is 2.55. The number of nitrogens with two attached hydrogens (primary N) is 1. The Kier molecular flexibility index (Phi) is 2.62. The van der Waals surface area contributed by atoms with Gasteiger partial charge in [-0.1, -0.05) is 16.8 Å². The number of benzene rings is 1. The predicted molar refractivity (Wildman–Crippen MR) is 71.6 cm³/mol. The van der Waals surface area contributed by atoms with Gasteiger partial charge in [0.1, 0.15) is 5.82 Å². The molecular weight excluding hydrogens is 281 g/mol. The first-order valence-corrected chi connectivity index (χ1v) is 7.06. The summed E-state index contributed by atoms with van der Waals surface area (Å²) < 4.78 is 19.2. The van der Waals surface area contributed by atoms with E-state index < -0.39 is 5.82 Å². The van der Waals surface area contributed by atoms with Crippen molar-refractivity contribution < 1.29 is 8.91 Å². The van der Waals surface area contributed by atoms with Crippen LogP contribution in [0.2, 0.25) is 5.02 Å². The third-order valence-electron chi connectivity index (χ3n) is 4.41. The largest absolute Gasteiger partial charge is 0.339 e. The van der Waals surface area contributed by atoms with E-state index in [1.54, 1.807) is 12.1 Å². The number of hydrogen-bond acceptors (Lipinski definition) is 4. The molecule has 4 nitrogen and oxygen atoms in total. The fourth-order valence-electron chi connectivity index (χ4n) is 3.28. The Hall–Kier alpha value is -1.46. The zero-order valence-corrected chi connectivity index (χ0v) is 11.3. The molecule has 0 radical (unpaired) electrons. The Morgan fingerprint density at radius 3 is 2.80 bits per heavy atom. The summed E-state index contributed by atoms with van der Waals surface area (Å²) >= 11 is 5.74. The van der Waals surface area contributed by atoms with E-state index in [4.69, 9.17) is 21.9 Å². The number of nitrogens with zero attached hydrogens (tertiary/aromatic N) is 2. The molecule has 0 saturated heterocycles. The maximum absolute atomic E-state index is 13.8. The molecule has 2 N–H and O–H groups in total. The van der Waals surface area contributed by atoms with Crippen LogP contribution in [0.5, 0.6) is 0 Å². The van der Waals surface area contributed by atoms with E-state index in [1.165, 1.54) is 6.07 Å². The highest BCUT2D eigenvalue weighted by atomic mass is 35.5. The summed E-state index contributed by atoms with van der Waals surface area (Å²) in [6, 6.07) is 4.65. The molecule has 20 heavy (non-hydrogen) atoms. The van der Waals surface area contributed by atoms with Crippen LogP contribution in [-0.4, -0.2) is 16.2 Å². The van der Waals surface area contributed by atoms with Crippen LogP contribution in [0.25, 0.3) is 11.4 Å². The van der Waals surface area contributed by atoms with Gasteiger partial charge in [0.05, 0.1) is 5.56 Å². The number of fused-ring (bicyclic) bond motifs is 1. The van der Waals surface area contributed by atoms with Gasteiger partial charge in [-0.3, -0.25) is 0 Å². The minimum Gasteiger partial charge on any atom is -0.339 e. The smallest absolute Gasteiger partial charge is 0.230 e. The molecule has 2 aromatic rings.